The summed E-state index contributed by atoms with van der Waals surface area (Å²) in [5.74, 6) is 1.95. The summed E-state index contributed by atoms with van der Waals surface area (Å²) in [5.41, 5.74) is 0. The van der Waals surface area contributed by atoms with Gasteiger partial charge in [0.25, 0.3) is 0 Å². The Bertz CT molecular complexity index is 304. The minimum atomic E-state index is 0.169. The van der Waals surface area contributed by atoms with Gasteiger partial charge < -0.3 is 14.8 Å². The normalized spacial score (nSPS) is 12.2. The van der Waals surface area contributed by atoms with Crippen LogP contribution in [0.15, 0.2) is 18.2 Å². The molecule has 1 unspecified atom stereocenters. The molecular weight excluding hydrogens is 228 g/mol. The second kappa shape index (κ2) is 7.30. The molecule has 1 aromatic rings. The molecule has 1 N–H and O–H groups in total. The summed E-state index contributed by atoms with van der Waals surface area (Å²) >= 11 is 5.72. The van der Waals surface area contributed by atoms with E-state index in [0.717, 1.165) is 12.2 Å². The first-order valence-electron chi connectivity index (χ1n) is 5.12. The molecule has 5 heteroatoms. The van der Waals surface area contributed by atoms with Crippen LogP contribution in [-0.4, -0.2) is 37.7 Å². The molecule has 0 aliphatic heterocycles. The Morgan fingerprint density at radius 1 is 1.44 bits per heavy atom. The maximum atomic E-state index is 5.72. The first-order chi connectivity index (χ1) is 7.80. The Morgan fingerprint density at radius 2 is 2.25 bits per heavy atom. The molecule has 0 saturated heterocycles. The standard InChI is InChI=1S/C11H17ClN2O2/c1-15-8-9(6-7-12)13-10-4-3-5-11(14-10)16-2/h3-5,9H,6-8H2,1-2H3,(H,13,14). The van der Waals surface area contributed by atoms with Gasteiger partial charge in [0.05, 0.1) is 19.8 Å². The smallest absolute Gasteiger partial charge is 0.214 e. The van der Waals surface area contributed by atoms with Crippen molar-refractivity contribution in [2.45, 2.75) is 12.5 Å². The van der Waals surface area contributed by atoms with E-state index in [4.69, 9.17) is 21.1 Å². The quantitative estimate of drug-likeness (QED) is 0.747. The predicted octanol–water partition coefficient (Wildman–Crippen LogP) is 2.15. The molecule has 16 heavy (non-hydrogen) atoms. The van der Waals surface area contributed by atoms with E-state index in [1.54, 1.807) is 20.3 Å². The molecule has 1 rings (SSSR count). The van der Waals surface area contributed by atoms with Gasteiger partial charge in [-0.1, -0.05) is 6.07 Å². The zero-order valence-corrected chi connectivity index (χ0v) is 10.3. The lowest BCUT2D eigenvalue weighted by Gasteiger charge is -2.17. The lowest BCUT2D eigenvalue weighted by atomic mass is 10.2. The van der Waals surface area contributed by atoms with Gasteiger partial charge in [-0.3, -0.25) is 0 Å². The van der Waals surface area contributed by atoms with E-state index >= 15 is 0 Å². The average molecular weight is 245 g/mol. The van der Waals surface area contributed by atoms with Crippen LogP contribution in [0.2, 0.25) is 0 Å². The first kappa shape index (κ1) is 13.1. The van der Waals surface area contributed by atoms with Crippen LogP contribution in [0.5, 0.6) is 5.88 Å². The monoisotopic (exact) mass is 244 g/mol. The van der Waals surface area contributed by atoms with Crippen molar-refractivity contribution in [3.05, 3.63) is 18.2 Å². The second-order valence-corrected chi connectivity index (χ2v) is 3.72. The molecular formula is C11H17ClN2O2. The molecule has 0 amide bonds. The highest BCUT2D eigenvalue weighted by Gasteiger charge is 2.08. The molecule has 0 radical (unpaired) electrons. The summed E-state index contributed by atoms with van der Waals surface area (Å²) < 4.78 is 10.2. The number of rotatable bonds is 7. The molecule has 0 fully saturated rings. The van der Waals surface area contributed by atoms with Crippen LogP contribution >= 0.6 is 11.6 Å². The molecule has 0 aliphatic rings. The number of ether oxygens (including phenoxy) is 2. The van der Waals surface area contributed by atoms with E-state index in [2.05, 4.69) is 10.3 Å². The fourth-order valence-electron chi connectivity index (χ4n) is 1.35. The van der Waals surface area contributed by atoms with Crippen molar-refractivity contribution in [3.63, 3.8) is 0 Å². The summed E-state index contributed by atoms with van der Waals surface area (Å²) in [5, 5.41) is 3.26. The molecule has 0 saturated carbocycles. The minimum Gasteiger partial charge on any atom is -0.481 e. The van der Waals surface area contributed by atoms with Crippen LogP contribution in [0, 0.1) is 0 Å². The Hall–Kier alpha value is -1.00. The molecule has 0 aliphatic carbocycles. The number of alkyl halides is 1. The highest BCUT2D eigenvalue weighted by Crippen LogP contribution is 2.12. The summed E-state index contributed by atoms with van der Waals surface area (Å²) in [7, 11) is 3.26. The van der Waals surface area contributed by atoms with Crippen molar-refractivity contribution in [2.75, 3.05) is 32.0 Å². The van der Waals surface area contributed by atoms with E-state index in [-0.39, 0.29) is 6.04 Å². The molecule has 4 nitrogen and oxygen atoms in total. The summed E-state index contributed by atoms with van der Waals surface area (Å²) in [6.45, 7) is 0.603. The van der Waals surface area contributed by atoms with Gasteiger partial charge in [0.1, 0.15) is 5.82 Å². The average Bonchev–Trinajstić information content (AvgIpc) is 2.30. The Labute approximate surface area is 101 Å². The number of nitrogens with one attached hydrogen (secondary N) is 1. The maximum Gasteiger partial charge on any atom is 0.214 e. The molecule has 0 spiro atoms. The summed E-state index contributed by atoms with van der Waals surface area (Å²) in [6.07, 6.45) is 0.828. The van der Waals surface area contributed by atoms with Crippen molar-refractivity contribution in [1.29, 1.82) is 0 Å². The number of pyridine rings is 1. The fourth-order valence-corrected chi connectivity index (χ4v) is 1.61. The van der Waals surface area contributed by atoms with Gasteiger partial charge in [-0.05, 0) is 12.5 Å². The maximum absolute atomic E-state index is 5.72. The number of nitrogens with zero attached hydrogens (tertiary/aromatic N) is 1. The lowest BCUT2D eigenvalue weighted by molar-refractivity contribution is 0.184. The Morgan fingerprint density at radius 3 is 2.88 bits per heavy atom. The zero-order valence-electron chi connectivity index (χ0n) is 9.57. The van der Waals surface area contributed by atoms with Gasteiger partial charge >= 0.3 is 0 Å². The van der Waals surface area contributed by atoms with Gasteiger partial charge in [0, 0.05) is 19.1 Å². The van der Waals surface area contributed by atoms with Gasteiger partial charge in [0.15, 0.2) is 0 Å². The number of hydrogen-bond acceptors (Lipinski definition) is 4. The third-order valence-corrected chi connectivity index (χ3v) is 2.33. The lowest BCUT2D eigenvalue weighted by Crippen LogP contribution is -2.25. The molecule has 1 atom stereocenters. The first-order valence-corrected chi connectivity index (χ1v) is 5.66. The van der Waals surface area contributed by atoms with E-state index < -0.39 is 0 Å². The number of halogens is 1. The number of hydrogen-bond donors (Lipinski definition) is 1. The van der Waals surface area contributed by atoms with Crippen LogP contribution < -0.4 is 10.1 Å². The van der Waals surface area contributed by atoms with E-state index in [1.165, 1.54) is 0 Å². The van der Waals surface area contributed by atoms with Gasteiger partial charge in [-0.25, -0.2) is 0 Å². The van der Waals surface area contributed by atoms with Crippen LogP contribution in [0.4, 0.5) is 5.82 Å². The van der Waals surface area contributed by atoms with Crippen molar-refractivity contribution in [2.24, 2.45) is 0 Å². The highest BCUT2D eigenvalue weighted by atomic mass is 35.5. The third-order valence-electron chi connectivity index (χ3n) is 2.11. The largest absolute Gasteiger partial charge is 0.481 e. The summed E-state index contributed by atoms with van der Waals surface area (Å²) in [6, 6.07) is 5.75. The number of aromatic nitrogens is 1. The molecule has 0 bridgehead atoms. The fraction of sp³-hybridized carbons (Fsp3) is 0.545. The molecule has 1 heterocycles. The molecule has 90 valence electrons. The van der Waals surface area contributed by atoms with Gasteiger partial charge in [0.2, 0.25) is 5.88 Å². The van der Waals surface area contributed by atoms with Crippen molar-refractivity contribution < 1.29 is 9.47 Å². The van der Waals surface area contributed by atoms with Gasteiger partial charge in [-0.2, -0.15) is 4.98 Å². The van der Waals surface area contributed by atoms with E-state index in [0.29, 0.717) is 18.4 Å². The van der Waals surface area contributed by atoms with Crippen LogP contribution in [0.1, 0.15) is 6.42 Å². The SMILES string of the molecule is COCC(CCCl)Nc1cccc(OC)n1. The number of methoxy groups -OCH3 is 2. The predicted molar refractivity (Wildman–Crippen MR) is 65.4 cm³/mol. The second-order valence-electron chi connectivity index (χ2n) is 3.34. The number of anilines is 1. The van der Waals surface area contributed by atoms with Crippen LogP contribution in [-0.2, 0) is 4.74 Å². The Kier molecular flexibility index (Phi) is 5.96. The highest BCUT2D eigenvalue weighted by molar-refractivity contribution is 6.17. The van der Waals surface area contributed by atoms with E-state index in [9.17, 15) is 0 Å². The third kappa shape index (κ3) is 4.24. The molecule has 0 aromatic carbocycles. The summed E-state index contributed by atoms with van der Waals surface area (Å²) in [4.78, 5) is 4.26. The topological polar surface area (TPSA) is 43.4 Å². The Balaban J connectivity index is 2.60. The van der Waals surface area contributed by atoms with Crippen molar-refractivity contribution in [3.8, 4) is 5.88 Å². The van der Waals surface area contributed by atoms with Crippen LogP contribution in [0.3, 0.4) is 0 Å². The minimum absolute atomic E-state index is 0.169. The molecule has 1 aromatic heterocycles. The van der Waals surface area contributed by atoms with Crippen LogP contribution in [0.25, 0.3) is 0 Å². The van der Waals surface area contributed by atoms with Crippen molar-refractivity contribution >= 4 is 17.4 Å². The van der Waals surface area contributed by atoms with E-state index in [1.807, 2.05) is 12.1 Å². The van der Waals surface area contributed by atoms with Crippen molar-refractivity contribution in [1.82, 2.24) is 4.98 Å². The van der Waals surface area contributed by atoms with Gasteiger partial charge in [-0.15, -0.1) is 11.6 Å². The zero-order chi connectivity index (χ0) is 11.8.